The summed E-state index contributed by atoms with van der Waals surface area (Å²) in [6, 6.07) is 8.43. The molecule has 0 saturated carbocycles. The molecule has 11 nitrogen and oxygen atoms in total. The minimum atomic E-state index is -4.96. The lowest BCUT2D eigenvalue weighted by atomic mass is 10.2. The topological polar surface area (TPSA) is 139 Å². The van der Waals surface area contributed by atoms with Crippen molar-refractivity contribution in [3.05, 3.63) is 74.8 Å². The van der Waals surface area contributed by atoms with Crippen LogP contribution in [0.5, 0.6) is 0 Å². The standard InChI is InChI=1S/C25H27Cl2F3N8O3/c1-24(2,3)41-13-17(31)22-33-19(34-38(22)21-16(27)5-4-10-32-21)12-37-23(40)36(11-18(39)25(28,29)30)20(35-37)14-6-8-15(26)9-7-14/h4-10,17-18,39H,11-13,31H2,1-3H3. The van der Waals surface area contributed by atoms with Crippen LogP contribution in [0.2, 0.25) is 10.0 Å². The molecule has 0 bridgehead atoms. The molecule has 0 aliphatic heterocycles. The largest absolute Gasteiger partial charge is 0.416 e. The number of aliphatic hydroxyl groups excluding tert-OH is 1. The predicted octanol–water partition coefficient (Wildman–Crippen LogP) is 3.78. The van der Waals surface area contributed by atoms with Gasteiger partial charge in [-0.25, -0.2) is 19.4 Å². The maximum Gasteiger partial charge on any atom is 0.416 e. The zero-order valence-electron chi connectivity index (χ0n) is 22.2. The molecule has 2 atom stereocenters. The van der Waals surface area contributed by atoms with Crippen LogP contribution in [-0.2, 0) is 17.8 Å². The quantitative estimate of drug-likeness (QED) is 0.290. The Morgan fingerprint density at radius 3 is 2.39 bits per heavy atom. The summed E-state index contributed by atoms with van der Waals surface area (Å²) in [6.07, 6.45) is -6.26. The summed E-state index contributed by atoms with van der Waals surface area (Å²) in [6.45, 7) is 4.24. The highest BCUT2D eigenvalue weighted by atomic mass is 35.5. The maximum absolute atomic E-state index is 13.3. The fourth-order valence-electron chi connectivity index (χ4n) is 3.71. The van der Waals surface area contributed by atoms with Crippen LogP contribution in [-0.4, -0.2) is 63.7 Å². The highest BCUT2D eigenvalue weighted by molar-refractivity contribution is 6.32. The molecule has 2 unspecified atom stereocenters. The van der Waals surface area contributed by atoms with E-state index in [-0.39, 0.29) is 41.5 Å². The van der Waals surface area contributed by atoms with Crippen LogP contribution in [0.25, 0.3) is 17.2 Å². The van der Waals surface area contributed by atoms with Crippen LogP contribution < -0.4 is 11.4 Å². The van der Waals surface area contributed by atoms with E-state index in [4.69, 9.17) is 33.7 Å². The lowest BCUT2D eigenvalue weighted by molar-refractivity contribution is -0.207. The van der Waals surface area contributed by atoms with Crippen LogP contribution in [0.15, 0.2) is 47.4 Å². The zero-order valence-corrected chi connectivity index (χ0v) is 23.7. The van der Waals surface area contributed by atoms with Gasteiger partial charge in [0.2, 0.25) is 0 Å². The van der Waals surface area contributed by atoms with Crippen molar-refractivity contribution in [1.82, 2.24) is 34.1 Å². The van der Waals surface area contributed by atoms with Crippen LogP contribution in [0.3, 0.4) is 0 Å². The smallest absolute Gasteiger partial charge is 0.382 e. The Morgan fingerprint density at radius 2 is 1.78 bits per heavy atom. The monoisotopic (exact) mass is 614 g/mol. The van der Waals surface area contributed by atoms with Crippen molar-refractivity contribution < 1.29 is 23.0 Å². The Morgan fingerprint density at radius 1 is 1.10 bits per heavy atom. The molecule has 0 fully saturated rings. The lowest BCUT2D eigenvalue weighted by Gasteiger charge is -2.22. The fourth-order valence-corrected chi connectivity index (χ4v) is 4.04. The van der Waals surface area contributed by atoms with Crippen molar-refractivity contribution in [1.29, 1.82) is 0 Å². The van der Waals surface area contributed by atoms with Gasteiger partial charge in [-0.15, -0.1) is 10.2 Å². The molecule has 3 heterocycles. The molecule has 0 aliphatic carbocycles. The fraction of sp³-hybridized carbons (Fsp3) is 0.400. The molecule has 4 aromatic rings. The Balaban J connectivity index is 1.77. The summed E-state index contributed by atoms with van der Waals surface area (Å²) in [5.74, 6) is 0.390. The first-order chi connectivity index (χ1) is 19.1. The van der Waals surface area contributed by atoms with Crippen LogP contribution >= 0.6 is 23.2 Å². The molecule has 0 aliphatic rings. The molecule has 3 N–H and O–H groups in total. The molecule has 1 aromatic carbocycles. The number of nitrogens with zero attached hydrogens (tertiary/aromatic N) is 7. The number of nitrogens with two attached hydrogens (primary N) is 1. The Labute approximate surface area is 242 Å². The summed E-state index contributed by atoms with van der Waals surface area (Å²) < 4.78 is 48.3. The molecular formula is C25H27Cl2F3N8O3. The van der Waals surface area contributed by atoms with Gasteiger partial charge in [-0.3, -0.25) is 4.57 Å². The molecular weight excluding hydrogens is 588 g/mol. The van der Waals surface area contributed by atoms with E-state index in [1.807, 2.05) is 20.8 Å². The average Bonchev–Trinajstić information content (AvgIpc) is 3.44. The number of pyridine rings is 1. The Hall–Kier alpha value is -3.30. The van der Waals surface area contributed by atoms with E-state index in [1.165, 1.54) is 35.1 Å². The summed E-state index contributed by atoms with van der Waals surface area (Å²) in [4.78, 5) is 22.0. The maximum atomic E-state index is 13.3. The molecule has 4 rings (SSSR count). The Kier molecular flexibility index (Phi) is 8.90. The molecule has 0 amide bonds. The van der Waals surface area contributed by atoms with Crippen molar-refractivity contribution in [2.24, 2.45) is 5.73 Å². The van der Waals surface area contributed by atoms with Gasteiger partial charge < -0.3 is 15.6 Å². The number of alkyl halides is 3. The molecule has 41 heavy (non-hydrogen) atoms. The van der Waals surface area contributed by atoms with Gasteiger partial charge in [0.25, 0.3) is 0 Å². The van der Waals surface area contributed by atoms with Crippen molar-refractivity contribution in [2.75, 3.05) is 6.61 Å². The second kappa shape index (κ2) is 11.9. The van der Waals surface area contributed by atoms with Crippen molar-refractivity contribution in [3.63, 3.8) is 0 Å². The van der Waals surface area contributed by atoms with E-state index in [0.717, 1.165) is 9.25 Å². The van der Waals surface area contributed by atoms with Gasteiger partial charge in [0.15, 0.2) is 29.4 Å². The van der Waals surface area contributed by atoms with Gasteiger partial charge in [-0.05, 0) is 57.2 Å². The van der Waals surface area contributed by atoms with Gasteiger partial charge in [-0.2, -0.15) is 17.9 Å². The van der Waals surface area contributed by atoms with Gasteiger partial charge >= 0.3 is 11.9 Å². The number of benzene rings is 1. The molecule has 220 valence electrons. The SMILES string of the molecule is CC(C)(C)OCC(N)c1nc(Cn2nc(-c3ccc(Cl)cc3)n(CC(O)C(F)(F)F)c2=O)nn1-c1ncccc1Cl. The number of halogens is 5. The molecule has 0 radical (unpaired) electrons. The predicted molar refractivity (Wildman–Crippen MR) is 145 cm³/mol. The van der Waals surface area contributed by atoms with Crippen LogP contribution in [0.4, 0.5) is 13.2 Å². The second-order valence-corrected chi connectivity index (χ2v) is 10.9. The number of aromatic nitrogens is 7. The van der Waals surface area contributed by atoms with E-state index in [0.29, 0.717) is 10.6 Å². The normalized spacial score (nSPS) is 13.9. The second-order valence-electron chi connectivity index (χ2n) is 10.1. The highest BCUT2D eigenvalue weighted by Gasteiger charge is 2.39. The van der Waals surface area contributed by atoms with Crippen molar-refractivity contribution >= 4 is 23.2 Å². The van der Waals surface area contributed by atoms with E-state index in [9.17, 15) is 23.1 Å². The number of aliphatic hydroxyl groups is 1. The summed E-state index contributed by atoms with van der Waals surface area (Å²) >= 11 is 12.3. The van der Waals surface area contributed by atoms with Crippen molar-refractivity contribution in [3.8, 4) is 17.2 Å². The number of hydrogen-bond acceptors (Lipinski definition) is 8. The third kappa shape index (κ3) is 7.32. The first-order valence-electron chi connectivity index (χ1n) is 12.3. The number of rotatable bonds is 9. The minimum absolute atomic E-state index is 0.0544. The first kappa shape index (κ1) is 30.7. The van der Waals surface area contributed by atoms with E-state index >= 15 is 0 Å². The summed E-state index contributed by atoms with van der Waals surface area (Å²) in [7, 11) is 0. The summed E-state index contributed by atoms with van der Waals surface area (Å²) in [5, 5.41) is 19.0. The van der Waals surface area contributed by atoms with Gasteiger partial charge in [0.05, 0.1) is 29.8 Å². The number of ether oxygens (including phenoxy) is 1. The third-order valence-corrected chi connectivity index (χ3v) is 6.24. The van der Waals surface area contributed by atoms with E-state index in [2.05, 4.69) is 20.2 Å². The van der Waals surface area contributed by atoms with Gasteiger partial charge in [0, 0.05) is 16.8 Å². The van der Waals surface area contributed by atoms with Crippen molar-refractivity contribution in [2.45, 2.75) is 57.8 Å². The minimum Gasteiger partial charge on any atom is -0.382 e. The lowest BCUT2D eigenvalue weighted by Crippen LogP contribution is -2.37. The van der Waals surface area contributed by atoms with E-state index in [1.54, 1.807) is 12.1 Å². The molecule has 3 aromatic heterocycles. The van der Waals surface area contributed by atoms with Crippen LogP contribution in [0.1, 0.15) is 38.5 Å². The van der Waals surface area contributed by atoms with Gasteiger partial charge in [0.1, 0.15) is 6.54 Å². The number of hydrogen-bond donors (Lipinski definition) is 2. The molecule has 0 spiro atoms. The molecule has 16 heteroatoms. The average molecular weight is 615 g/mol. The summed E-state index contributed by atoms with van der Waals surface area (Å²) in [5.41, 5.74) is 5.28. The third-order valence-electron chi connectivity index (χ3n) is 5.69. The highest BCUT2D eigenvalue weighted by Crippen LogP contribution is 2.25. The Bertz CT molecular complexity index is 1560. The molecule has 0 saturated heterocycles. The first-order valence-corrected chi connectivity index (χ1v) is 13.0. The zero-order chi connectivity index (χ0) is 30.1. The van der Waals surface area contributed by atoms with Crippen LogP contribution in [0, 0.1) is 0 Å². The van der Waals surface area contributed by atoms with E-state index < -0.39 is 36.2 Å². The van der Waals surface area contributed by atoms with Gasteiger partial charge in [-0.1, -0.05) is 23.2 Å².